The third-order valence-corrected chi connectivity index (χ3v) is 8.82. The molecule has 3 atom stereocenters. The Bertz CT molecular complexity index is 1240. The van der Waals surface area contributed by atoms with Crippen LogP contribution in [0.15, 0.2) is 79.0 Å². The maximum atomic E-state index is 13.4. The van der Waals surface area contributed by atoms with E-state index in [0.29, 0.717) is 17.9 Å². The summed E-state index contributed by atoms with van der Waals surface area (Å²) in [5, 5.41) is 0. The van der Waals surface area contributed by atoms with Crippen molar-refractivity contribution in [1.29, 1.82) is 0 Å². The third-order valence-electron chi connectivity index (χ3n) is 6.97. The van der Waals surface area contributed by atoms with Crippen molar-refractivity contribution >= 4 is 10.0 Å². The van der Waals surface area contributed by atoms with E-state index < -0.39 is 10.0 Å². The quantitative estimate of drug-likeness (QED) is 0.436. The molecule has 0 saturated carbocycles. The van der Waals surface area contributed by atoms with E-state index in [4.69, 9.17) is 9.47 Å². The van der Waals surface area contributed by atoms with Gasteiger partial charge in [-0.05, 0) is 48.2 Å². The maximum Gasteiger partial charge on any atom is 0.218 e. The molecule has 5 rings (SSSR count). The van der Waals surface area contributed by atoms with E-state index >= 15 is 0 Å². The smallest absolute Gasteiger partial charge is 0.218 e. The average molecular weight is 508 g/mol. The lowest BCUT2D eigenvalue weighted by Crippen LogP contribution is -2.32. The predicted molar refractivity (Wildman–Crippen MR) is 139 cm³/mol. The van der Waals surface area contributed by atoms with Crippen LogP contribution in [0.1, 0.15) is 35.7 Å². The van der Waals surface area contributed by atoms with Crippen molar-refractivity contribution < 1.29 is 17.9 Å². The minimum absolute atomic E-state index is 0.0511. The van der Waals surface area contributed by atoms with Crippen LogP contribution in [0, 0.1) is 0 Å². The van der Waals surface area contributed by atoms with Gasteiger partial charge in [0.1, 0.15) is 18.0 Å². The zero-order valence-corrected chi connectivity index (χ0v) is 21.4. The van der Waals surface area contributed by atoms with Crippen LogP contribution in [-0.4, -0.2) is 61.6 Å². The van der Waals surface area contributed by atoms with Crippen molar-refractivity contribution in [2.24, 2.45) is 0 Å². The van der Waals surface area contributed by atoms with E-state index in [1.54, 1.807) is 17.6 Å². The summed E-state index contributed by atoms with van der Waals surface area (Å²) in [5.74, 6) is 0.602. The van der Waals surface area contributed by atoms with Crippen LogP contribution < -0.4 is 4.74 Å². The zero-order valence-electron chi connectivity index (χ0n) is 20.6. The molecule has 2 aliphatic rings. The van der Waals surface area contributed by atoms with Gasteiger partial charge >= 0.3 is 0 Å². The summed E-state index contributed by atoms with van der Waals surface area (Å²) >= 11 is 0. The molecule has 36 heavy (non-hydrogen) atoms. The summed E-state index contributed by atoms with van der Waals surface area (Å²) in [6.07, 6.45) is 3.17. The van der Waals surface area contributed by atoms with E-state index in [1.807, 2.05) is 60.7 Å². The number of pyridine rings is 1. The van der Waals surface area contributed by atoms with Gasteiger partial charge in [-0.1, -0.05) is 48.5 Å². The summed E-state index contributed by atoms with van der Waals surface area (Å²) in [6.45, 7) is 2.89. The van der Waals surface area contributed by atoms with Gasteiger partial charge in [0.15, 0.2) is 0 Å². The second kappa shape index (κ2) is 11.1. The first-order chi connectivity index (χ1) is 17.5. The maximum absolute atomic E-state index is 13.4. The molecule has 0 N–H and O–H groups in total. The molecule has 0 radical (unpaired) electrons. The molecule has 3 heterocycles. The molecule has 0 amide bonds. The number of ether oxygens (including phenoxy) is 2. The topological polar surface area (TPSA) is 72.0 Å². The molecule has 0 bridgehead atoms. The van der Waals surface area contributed by atoms with E-state index in [2.05, 4.69) is 22.0 Å². The minimum Gasteiger partial charge on any atom is -0.486 e. The number of hydrogen-bond acceptors (Lipinski definition) is 6. The Morgan fingerprint density at radius 3 is 2.50 bits per heavy atom. The molecule has 190 valence electrons. The van der Waals surface area contributed by atoms with E-state index in [0.717, 1.165) is 38.2 Å². The molecule has 3 unspecified atom stereocenters. The molecular formula is C28H33N3O4S. The number of benzene rings is 2. The summed E-state index contributed by atoms with van der Waals surface area (Å²) in [4.78, 5) is 6.74. The fraction of sp³-hybridized carbons (Fsp3) is 0.393. The zero-order chi connectivity index (χ0) is 25.0. The van der Waals surface area contributed by atoms with Crippen molar-refractivity contribution in [3.05, 3.63) is 95.8 Å². The standard InChI is InChI=1S/C28H33N3O4S/c1-34-27-19-30(18-22-9-3-2-4-10-22)20-28(27)35-24-12-7-11-23(17-24)21-36(32,33)31-16-8-14-26(31)25-13-5-6-15-29-25/h2-7,9-13,15,17,26-28H,8,14,16,18-21H2,1H3. The average Bonchev–Trinajstić information content (AvgIpc) is 3.53. The van der Waals surface area contributed by atoms with E-state index in [-0.39, 0.29) is 24.0 Å². The number of likely N-dealkylation sites (tertiary alicyclic amines) is 1. The lowest BCUT2D eigenvalue weighted by Gasteiger charge is -2.24. The van der Waals surface area contributed by atoms with Crippen molar-refractivity contribution in [2.45, 2.75) is 43.4 Å². The van der Waals surface area contributed by atoms with E-state index in [9.17, 15) is 8.42 Å². The summed E-state index contributed by atoms with van der Waals surface area (Å²) < 4.78 is 40.4. The highest BCUT2D eigenvalue weighted by Gasteiger charge is 2.37. The van der Waals surface area contributed by atoms with Gasteiger partial charge in [-0.25, -0.2) is 8.42 Å². The van der Waals surface area contributed by atoms with Crippen LogP contribution in [0.5, 0.6) is 5.75 Å². The van der Waals surface area contributed by atoms with Gasteiger partial charge in [-0.2, -0.15) is 4.31 Å². The number of hydrogen-bond donors (Lipinski definition) is 0. The molecule has 2 aromatic carbocycles. The van der Waals surface area contributed by atoms with Crippen molar-refractivity contribution in [2.75, 3.05) is 26.7 Å². The van der Waals surface area contributed by atoms with Crippen molar-refractivity contribution in [3.8, 4) is 5.75 Å². The molecule has 0 aliphatic carbocycles. The lowest BCUT2D eigenvalue weighted by molar-refractivity contribution is 0.0340. The first-order valence-corrected chi connectivity index (χ1v) is 14.1. The highest BCUT2D eigenvalue weighted by atomic mass is 32.2. The Morgan fingerprint density at radius 2 is 1.72 bits per heavy atom. The van der Waals surface area contributed by atoms with Gasteiger partial charge < -0.3 is 9.47 Å². The Morgan fingerprint density at radius 1 is 0.944 bits per heavy atom. The first kappa shape index (κ1) is 24.9. The Kier molecular flexibility index (Phi) is 7.67. The lowest BCUT2D eigenvalue weighted by atomic mass is 10.1. The number of rotatable bonds is 9. The van der Waals surface area contributed by atoms with Crippen LogP contribution in [0.3, 0.4) is 0 Å². The number of sulfonamides is 1. The molecule has 2 fully saturated rings. The van der Waals surface area contributed by atoms with Crippen LogP contribution in [0.4, 0.5) is 0 Å². The highest BCUT2D eigenvalue weighted by Crippen LogP contribution is 2.34. The second-order valence-electron chi connectivity index (χ2n) is 9.54. The normalized spacial score (nSPS) is 23.2. The highest BCUT2D eigenvalue weighted by molar-refractivity contribution is 7.88. The number of methoxy groups -OCH3 is 1. The van der Waals surface area contributed by atoms with Crippen molar-refractivity contribution in [1.82, 2.24) is 14.2 Å². The molecular weight excluding hydrogens is 474 g/mol. The van der Waals surface area contributed by atoms with Gasteiger partial charge in [0.25, 0.3) is 0 Å². The molecule has 2 aliphatic heterocycles. The Labute approximate surface area is 213 Å². The Hall–Kier alpha value is -2.78. The third kappa shape index (κ3) is 5.78. The summed E-state index contributed by atoms with van der Waals surface area (Å²) in [7, 11) is -1.80. The van der Waals surface area contributed by atoms with Crippen LogP contribution >= 0.6 is 0 Å². The number of aromatic nitrogens is 1. The largest absolute Gasteiger partial charge is 0.486 e. The van der Waals surface area contributed by atoms with Gasteiger partial charge in [-0.3, -0.25) is 9.88 Å². The minimum atomic E-state index is -3.51. The van der Waals surface area contributed by atoms with Gasteiger partial charge in [0.2, 0.25) is 10.0 Å². The molecule has 1 aromatic heterocycles. The van der Waals surface area contributed by atoms with Gasteiger partial charge in [0.05, 0.1) is 17.5 Å². The van der Waals surface area contributed by atoms with Gasteiger partial charge in [-0.15, -0.1) is 0 Å². The SMILES string of the molecule is COC1CN(Cc2ccccc2)CC1Oc1cccc(CS(=O)(=O)N2CCCC2c2ccccn2)c1. The molecule has 3 aromatic rings. The second-order valence-corrected chi connectivity index (χ2v) is 11.5. The molecule has 0 spiro atoms. The molecule has 8 heteroatoms. The summed E-state index contributed by atoms with van der Waals surface area (Å²) in [5.41, 5.74) is 2.78. The van der Waals surface area contributed by atoms with E-state index in [1.165, 1.54) is 5.56 Å². The van der Waals surface area contributed by atoms with Crippen LogP contribution in [-0.2, 0) is 27.1 Å². The monoisotopic (exact) mass is 507 g/mol. The number of nitrogens with zero attached hydrogens (tertiary/aromatic N) is 3. The first-order valence-electron chi connectivity index (χ1n) is 12.5. The van der Waals surface area contributed by atoms with Crippen LogP contribution in [0.25, 0.3) is 0 Å². The van der Waals surface area contributed by atoms with Gasteiger partial charge in [0, 0.05) is 39.5 Å². The fourth-order valence-corrected chi connectivity index (χ4v) is 7.02. The van der Waals surface area contributed by atoms with Crippen molar-refractivity contribution in [3.63, 3.8) is 0 Å². The predicted octanol–water partition coefficient (Wildman–Crippen LogP) is 4.03. The van der Waals surface area contributed by atoms with Crippen LogP contribution in [0.2, 0.25) is 0 Å². The fourth-order valence-electron chi connectivity index (χ4n) is 5.25. The summed E-state index contributed by atoms with van der Waals surface area (Å²) in [6, 6.07) is 23.3. The Balaban J connectivity index is 1.25. The molecule has 7 nitrogen and oxygen atoms in total. The molecule has 2 saturated heterocycles.